The number of halogens is 2. The van der Waals surface area contributed by atoms with E-state index in [-0.39, 0.29) is 0 Å². The summed E-state index contributed by atoms with van der Waals surface area (Å²) in [5.41, 5.74) is 2.85. The molecule has 1 aromatic heterocycles. The molecule has 0 spiro atoms. The van der Waals surface area contributed by atoms with Crippen LogP contribution in [0.4, 0.5) is 0 Å². The van der Waals surface area contributed by atoms with Gasteiger partial charge in [0.05, 0.1) is 21.4 Å². The van der Waals surface area contributed by atoms with Crippen molar-refractivity contribution in [1.29, 1.82) is 0 Å². The van der Waals surface area contributed by atoms with Crippen LogP contribution in [0.2, 0.25) is 10.0 Å². The van der Waals surface area contributed by atoms with Gasteiger partial charge in [-0.15, -0.1) is 0 Å². The molecule has 0 saturated heterocycles. The van der Waals surface area contributed by atoms with Crippen molar-refractivity contribution in [2.75, 3.05) is 0 Å². The molecule has 1 fully saturated rings. The summed E-state index contributed by atoms with van der Waals surface area (Å²) < 4.78 is 1.72. The van der Waals surface area contributed by atoms with E-state index >= 15 is 0 Å². The van der Waals surface area contributed by atoms with Crippen molar-refractivity contribution in [2.24, 2.45) is 0 Å². The molecule has 1 N–H and O–H groups in total. The second-order valence-electron chi connectivity index (χ2n) is 4.95. The predicted octanol–water partition coefficient (Wildman–Crippen LogP) is 3.74. The van der Waals surface area contributed by atoms with Gasteiger partial charge >= 0.3 is 0 Å². The number of nitrogens with one attached hydrogen (secondary N) is 1. The summed E-state index contributed by atoms with van der Waals surface area (Å²) in [7, 11) is 0. The predicted molar refractivity (Wildman–Crippen MR) is 78.2 cm³/mol. The molecule has 1 saturated carbocycles. The Kier molecular flexibility index (Phi) is 3.52. The number of benzene rings is 1. The van der Waals surface area contributed by atoms with Gasteiger partial charge in [-0.1, -0.05) is 29.3 Å². The van der Waals surface area contributed by atoms with Crippen molar-refractivity contribution >= 4 is 23.2 Å². The van der Waals surface area contributed by atoms with Gasteiger partial charge in [0.2, 0.25) is 0 Å². The Bertz CT molecular complexity index is 583. The average molecular weight is 296 g/mol. The van der Waals surface area contributed by atoms with Crippen LogP contribution >= 0.6 is 23.2 Å². The Morgan fingerprint density at radius 2 is 2.11 bits per heavy atom. The quantitative estimate of drug-likeness (QED) is 0.931. The maximum atomic E-state index is 6.32. The van der Waals surface area contributed by atoms with Gasteiger partial charge in [0.25, 0.3) is 0 Å². The molecular formula is C14H15Cl2N3. The highest BCUT2D eigenvalue weighted by atomic mass is 35.5. The second-order valence-corrected chi connectivity index (χ2v) is 5.76. The first-order valence-corrected chi connectivity index (χ1v) is 7.13. The van der Waals surface area contributed by atoms with Crippen LogP contribution in [0.1, 0.15) is 24.1 Å². The van der Waals surface area contributed by atoms with E-state index in [1.807, 2.05) is 19.1 Å². The van der Waals surface area contributed by atoms with E-state index in [1.54, 1.807) is 10.9 Å². The lowest BCUT2D eigenvalue weighted by Gasteiger charge is -2.08. The van der Waals surface area contributed by atoms with Crippen molar-refractivity contribution < 1.29 is 0 Å². The molecule has 0 bridgehead atoms. The first kappa shape index (κ1) is 13.0. The minimum Gasteiger partial charge on any atom is -0.310 e. The van der Waals surface area contributed by atoms with E-state index in [0.29, 0.717) is 16.1 Å². The summed E-state index contributed by atoms with van der Waals surface area (Å²) in [5.74, 6) is 0. The molecule has 2 aromatic rings. The number of rotatable bonds is 4. The first-order chi connectivity index (χ1) is 9.13. The van der Waals surface area contributed by atoms with Crippen LogP contribution in [0.3, 0.4) is 0 Å². The highest BCUT2D eigenvalue weighted by molar-refractivity contribution is 6.32. The summed E-state index contributed by atoms with van der Waals surface area (Å²) >= 11 is 12.3. The molecular weight excluding hydrogens is 281 g/mol. The van der Waals surface area contributed by atoms with Gasteiger partial charge in [-0.3, -0.25) is 0 Å². The highest BCUT2D eigenvalue weighted by Crippen LogP contribution is 2.25. The standard InChI is InChI=1S/C14H15Cl2N3/c1-9-13(16)8-19(18-9)14-5-2-10(6-12(14)15)7-17-11-3-4-11/h2,5-6,8,11,17H,3-4,7H2,1H3. The number of hydrogen-bond donors (Lipinski definition) is 1. The molecule has 5 heteroatoms. The van der Waals surface area contributed by atoms with E-state index in [0.717, 1.165) is 17.9 Å². The third kappa shape index (κ3) is 2.94. The SMILES string of the molecule is Cc1nn(-c2ccc(CNC3CC3)cc2Cl)cc1Cl. The fourth-order valence-electron chi connectivity index (χ4n) is 1.96. The van der Waals surface area contributed by atoms with Crippen LogP contribution < -0.4 is 5.32 Å². The molecule has 1 aromatic carbocycles. The highest BCUT2D eigenvalue weighted by Gasteiger charge is 2.20. The molecule has 100 valence electrons. The molecule has 0 atom stereocenters. The molecule has 3 nitrogen and oxygen atoms in total. The van der Waals surface area contributed by atoms with Crippen molar-refractivity contribution in [3.63, 3.8) is 0 Å². The van der Waals surface area contributed by atoms with E-state index in [4.69, 9.17) is 23.2 Å². The lowest BCUT2D eigenvalue weighted by Crippen LogP contribution is -2.15. The Morgan fingerprint density at radius 3 is 2.68 bits per heavy atom. The molecule has 1 aliphatic carbocycles. The summed E-state index contributed by atoms with van der Waals surface area (Å²) in [5, 5.41) is 9.15. The zero-order valence-corrected chi connectivity index (χ0v) is 12.2. The zero-order valence-electron chi connectivity index (χ0n) is 10.7. The number of aryl methyl sites for hydroxylation is 1. The van der Waals surface area contributed by atoms with Crippen LogP contribution in [-0.2, 0) is 6.54 Å². The maximum absolute atomic E-state index is 6.32. The van der Waals surface area contributed by atoms with Crippen molar-refractivity contribution in [1.82, 2.24) is 15.1 Å². The summed E-state index contributed by atoms with van der Waals surface area (Å²) in [4.78, 5) is 0. The Morgan fingerprint density at radius 1 is 1.32 bits per heavy atom. The third-order valence-corrected chi connectivity index (χ3v) is 3.94. The Labute approximate surface area is 122 Å². The van der Waals surface area contributed by atoms with Crippen LogP contribution in [0.5, 0.6) is 0 Å². The van der Waals surface area contributed by atoms with E-state index in [2.05, 4.69) is 16.5 Å². The van der Waals surface area contributed by atoms with Crippen molar-refractivity contribution in [3.8, 4) is 5.69 Å². The van der Waals surface area contributed by atoms with Crippen LogP contribution in [0.25, 0.3) is 5.69 Å². The normalized spacial score (nSPS) is 14.9. The monoisotopic (exact) mass is 295 g/mol. The van der Waals surface area contributed by atoms with Crippen molar-refractivity contribution in [3.05, 3.63) is 45.7 Å². The first-order valence-electron chi connectivity index (χ1n) is 6.37. The topological polar surface area (TPSA) is 29.9 Å². The molecule has 0 aliphatic heterocycles. The summed E-state index contributed by atoms with van der Waals surface area (Å²) in [6, 6.07) is 6.74. The van der Waals surface area contributed by atoms with Crippen molar-refractivity contribution in [2.45, 2.75) is 32.4 Å². The lowest BCUT2D eigenvalue weighted by molar-refractivity contribution is 0.687. The Balaban J connectivity index is 1.81. The Hall–Kier alpha value is -1.03. The maximum Gasteiger partial charge on any atom is 0.0832 e. The molecule has 0 radical (unpaired) electrons. The number of hydrogen-bond acceptors (Lipinski definition) is 2. The molecule has 19 heavy (non-hydrogen) atoms. The fourth-order valence-corrected chi connectivity index (χ4v) is 2.38. The number of nitrogens with zero attached hydrogens (tertiary/aromatic N) is 2. The zero-order chi connectivity index (χ0) is 13.4. The fraction of sp³-hybridized carbons (Fsp3) is 0.357. The molecule has 0 amide bonds. The van der Waals surface area contributed by atoms with E-state index < -0.39 is 0 Å². The van der Waals surface area contributed by atoms with E-state index in [1.165, 1.54) is 18.4 Å². The summed E-state index contributed by atoms with van der Waals surface area (Å²) in [6.07, 6.45) is 4.36. The average Bonchev–Trinajstić information content (AvgIpc) is 3.14. The lowest BCUT2D eigenvalue weighted by atomic mass is 10.2. The smallest absolute Gasteiger partial charge is 0.0832 e. The summed E-state index contributed by atoms with van der Waals surface area (Å²) in [6.45, 7) is 2.74. The second kappa shape index (κ2) is 5.16. The molecule has 0 unspecified atom stereocenters. The minimum absolute atomic E-state index is 0.649. The third-order valence-electron chi connectivity index (χ3n) is 3.27. The van der Waals surface area contributed by atoms with Gasteiger partial charge in [-0.2, -0.15) is 5.10 Å². The van der Waals surface area contributed by atoms with Gasteiger partial charge in [0.1, 0.15) is 0 Å². The van der Waals surface area contributed by atoms with Crippen LogP contribution in [-0.4, -0.2) is 15.8 Å². The van der Waals surface area contributed by atoms with Gasteiger partial charge in [0.15, 0.2) is 0 Å². The largest absolute Gasteiger partial charge is 0.310 e. The van der Waals surface area contributed by atoms with Crippen LogP contribution in [0.15, 0.2) is 24.4 Å². The van der Waals surface area contributed by atoms with Gasteiger partial charge in [0, 0.05) is 18.8 Å². The molecule has 1 heterocycles. The minimum atomic E-state index is 0.649. The van der Waals surface area contributed by atoms with Gasteiger partial charge in [-0.25, -0.2) is 4.68 Å². The van der Waals surface area contributed by atoms with Gasteiger partial charge in [-0.05, 0) is 37.5 Å². The van der Waals surface area contributed by atoms with Crippen LogP contribution in [0, 0.1) is 6.92 Å². The number of aromatic nitrogens is 2. The van der Waals surface area contributed by atoms with Gasteiger partial charge < -0.3 is 5.32 Å². The van der Waals surface area contributed by atoms with E-state index in [9.17, 15) is 0 Å². The molecule has 3 rings (SSSR count). The molecule has 1 aliphatic rings.